The Morgan fingerprint density at radius 2 is 1.93 bits per heavy atom. The summed E-state index contributed by atoms with van der Waals surface area (Å²) >= 11 is 0. The Labute approximate surface area is 168 Å². The fraction of sp³-hybridized carbons (Fsp3) is 0.650. The molecule has 0 radical (unpaired) electrons. The van der Waals surface area contributed by atoms with E-state index in [4.69, 9.17) is 4.98 Å². The monoisotopic (exact) mass is 414 g/mol. The van der Waals surface area contributed by atoms with Gasteiger partial charge in [-0.25, -0.2) is 4.98 Å². The average Bonchev–Trinajstić information content (AvgIpc) is 3.10. The molecule has 9 heteroatoms. The molecule has 1 fully saturated rings. The highest BCUT2D eigenvalue weighted by Gasteiger charge is 2.29. The zero-order valence-electron chi connectivity index (χ0n) is 16.9. The van der Waals surface area contributed by atoms with Crippen LogP contribution in [0.25, 0.3) is 11.0 Å². The van der Waals surface area contributed by atoms with Crippen molar-refractivity contribution in [1.82, 2.24) is 9.97 Å². The number of H-pyrrole nitrogens is 1. The lowest BCUT2D eigenvalue weighted by molar-refractivity contribution is -0.209. The summed E-state index contributed by atoms with van der Waals surface area (Å²) in [5, 5.41) is 12.6. The molecule has 1 atom stereocenters. The van der Waals surface area contributed by atoms with Gasteiger partial charge in [-0.05, 0) is 38.8 Å². The Balaban J connectivity index is 1.89. The van der Waals surface area contributed by atoms with Gasteiger partial charge in [0.2, 0.25) is 6.41 Å². The smallest absolute Gasteiger partial charge is 0.370 e. The van der Waals surface area contributed by atoms with Crippen LogP contribution in [0.15, 0.2) is 12.1 Å². The summed E-state index contributed by atoms with van der Waals surface area (Å²) in [5.41, 5.74) is 2.85. The van der Waals surface area contributed by atoms with Crippen LogP contribution in [0, 0.1) is 0 Å². The number of hydrogen-bond donors (Lipinski definition) is 3. The lowest BCUT2D eigenvalue weighted by Gasteiger charge is -2.26. The molecule has 162 valence electrons. The van der Waals surface area contributed by atoms with E-state index in [0.717, 1.165) is 35.4 Å². The fourth-order valence-electron chi connectivity index (χ4n) is 3.92. The number of aromatic nitrogens is 2. The second kappa shape index (κ2) is 9.21. The highest BCUT2D eigenvalue weighted by Crippen LogP contribution is 2.35. The second-order valence-electron chi connectivity index (χ2n) is 7.44. The van der Waals surface area contributed by atoms with E-state index >= 15 is 0 Å². The van der Waals surface area contributed by atoms with Crippen molar-refractivity contribution in [2.24, 2.45) is 0 Å². The molecule has 6 nitrogen and oxygen atoms in total. The van der Waals surface area contributed by atoms with E-state index in [1.54, 1.807) is 6.07 Å². The number of alkyl halides is 3. The van der Waals surface area contributed by atoms with Crippen molar-refractivity contribution in [3.8, 4) is 0 Å². The minimum Gasteiger partial charge on any atom is -0.370 e. The number of rotatable bonds is 8. The van der Waals surface area contributed by atoms with E-state index < -0.39 is 19.2 Å². The largest absolute Gasteiger partial charge is 0.411 e. The average molecular weight is 414 g/mol. The van der Waals surface area contributed by atoms with Crippen molar-refractivity contribution in [2.75, 3.05) is 29.9 Å². The molecule has 3 N–H and O–H groups in total. The van der Waals surface area contributed by atoms with Gasteiger partial charge >= 0.3 is 6.18 Å². The molecule has 3 rings (SSSR count). The second-order valence-corrected chi connectivity index (χ2v) is 7.44. The van der Waals surface area contributed by atoms with Crippen LogP contribution in [-0.2, 0) is 4.74 Å². The molecule has 0 amide bonds. The Hall–Kier alpha value is -2.00. The van der Waals surface area contributed by atoms with Gasteiger partial charge in [0, 0.05) is 19.0 Å². The number of ether oxygens (including phenoxy) is 1. The number of benzene rings is 1. The van der Waals surface area contributed by atoms with Gasteiger partial charge in [-0.2, -0.15) is 13.2 Å². The van der Waals surface area contributed by atoms with Crippen LogP contribution in [0.1, 0.15) is 57.7 Å². The van der Waals surface area contributed by atoms with Gasteiger partial charge in [-0.1, -0.05) is 19.3 Å². The number of aliphatic hydroxyl groups is 1. The van der Waals surface area contributed by atoms with Gasteiger partial charge in [0.15, 0.2) is 0 Å². The molecule has 1 aromatic heterocycles. The summed E-state index contributed by atoms with van der Waals surface area (Å²) in [5.74, 6) is 1.36. The van der Waals surface area contributed by atoms with E-state index in [2.05, 4.69) is 15.0 Å². The molecule has 1 aromatic carbocycles. The van der Waals surface area contributed by atoms with E-state index in [1.807, 2.05) is 24.8 Å². The zero-order chi connectivity index (χ0) is 21.0. The predicted octanol–water partition coefficient (Wildman–Crippen LogP) is 4.72. The Morgan fingerprint density at radius 3 is 2.55 bits per heavy atom. The molecular formula is C20H29F3N4O2. The first-order valence-electron chi connectivity index (χ1n) is 10.2. The first kappa shape index (κ1) is 21.7. The van der Waals surface area contributed by atoms with Gasteiger partial charge in [-0.3, -0.25) is 0 Å². The number of fused-ring (bicyclic) bond motifs is 1. The Morgan fingerprint density at radius 1 is 1.24 bits per heavy atom. The van der Waals surface area contributed by atoms with Crippen LogP contribution < -0.4 is 10.2 Å². The van der Waals surface area contributed by atoms with Gasteiger partial charge in [0.1, 0.15) is 12.4 Å². The molecule has 2 aromatic rings. The molecule has 0 bridgehead atoms. The van der Waals surface area contributed by atoms with Crippen LogP contribution in [0.3, 0.4) is 0 Å². The summed E-state index contributed by atoms with van der Waals surface area (Å²) in [4.78, 5) is 10.2. The Bertz CT molecular complexity index is 799. The first-order valence-corrected chi connectivity index (χ1v) is 10.2. The van der Waals surface area contributed by atoms with Crippen molar-refractivity contribution >= 4 is 22.4 Å². The quantitative estimate of drug-likeness (QED) is 0.545. The normalized spacial score (nSPS) is 16.9. The van der Waals surface area contributed by atoms with Crippen LogP contribution >= 0.6 is 0 Å². The van der Waals surface area contributed by atoms with Crippen molar-refractivity contribution in [2.45, 2.75) is 64.5 Å². The third kappa shape index (κ3) is 5.54. The lowest BCUT2D eigenvalue weighted by atomic mass is 9.89. The third-order valence-electron chi connectivity index (χ3n) is 5.40. The number of aliphatic hydroxyl groups excluding tert-OH is 1. The van der Waals surface area contributed by atoms with Crippen LogP contribution in [0.2, 0.25) is 0 Å². The first-order chi connectivity index (χ1) is 13.8. The summed E-state index contributed by atoms with van der Waals surface area (Å²) in [6.45, 7) is 3.87. The zero-order valence-corrected chi connectivity index (χ0v) is 16.9. The van der Waals surface area contributed by atoms with Gasteiger partial charge in [0.25, 0.3) is 0 Å². The van der Waals surface area contributed by atoms with Crippen LogP contribution in [-0.4, -0.2) is 47.4 Å². The molecule has 29 heavy (non-hydrogen) atoms. The van der Waals surface area contributed by atoms with Crippen LogP contribution in [0.5, 0.6) is 0 Å². The van der Waals surface area contributed by atoms with E-state index in [9.17, 15) is 18.3 Å². The minimum absolute atomic E-state index is 0.408. The summed E-state index contributed by atoms with van der Waals surface area (Å²) < 4.78 is 41.6. The minimum atomic E-state index is -4.51. The van der Waals surface area contributed by atoms with Gasteiger partial charge in [-0.15, -0.1) is 0 Å². The summed E-state index contributed by atoms with van der Waals surface area (Å²) in [7, 11) is 0. The molecule has 1 aliphatic carbocycles. The van der Waals surface area contributed by atoms with Crippen molar-refractivity contribution in [1.29, 1.82) is 0 Å². The lowest BCUT2D eigenvalue weighted by Crippen LogP contribution is -2.30. The third-order valence-corrected chi connectivity index (χ3v) is 5.40. The molecule has 1 heterocycles. The van der Waals surface area contributed by atoms with Gasteiger partial charge in [0.05, 0.1) is 22.4 Å². The Kier molecular flexibility index (Phi) is 6.89. The van der Waals surface area contributed by atoms with E-state index in [1.165, 1.54) is 19.3 Å². The standard InChI is InChI=1S/C20H29F3N4O2/c1-3-27(4-2)17-11-15-14(24-18(25-15)13-8-6-5-7-9-13)10-16(17)26-19(28)29-12-20(21,22)23/h10-11,13,19,26,28H,3-9,12H2,1-2H3,(H,24,25). The maximum atomic E-state index is 12.4. The van der Waals surface area contributed by atoms with Crippen molar-refractivity contribution in [3.05, 3.63) is 18.0 Å². The molecule has 1 unspecified atom stereocenters. The van der Waals surface area contributed by atoms with Crippen molar-refractivity contribution in [3.63, 3.8) is 0 Å². The molecule has 1 aliphatic rings. The van der Waals surface area contributed by atoms with Crippen LogP contribution in [0.4, 0.5) is 24.5 Å². The summed E-state index contributed by atoms with van der Waals surface area (Å²) in [6.07, 6.45) is -0.414. The number of nitrogens with one attached hydrogen (secondary N) is 2. The van der Waals surface area contributed by atoms with E-state index in [-0.39, 0.29) is 0 Å². The molecule has 1 saturated carbocycles. The van der Waals surface area contributed by atoms with E-state index in [0.29, 0.717) is 24.7 Å². The highest BCUT2D eigenvalue weighted by molar-refractivity contribution is 5.88. The van der Waals surface area contributed by atoms with Crippen molar-refractivity contribution < 1.29 is 23.0 Å². The van der Waals surface area contributed by atoms with Gasteiger partial charge < -0.3 is 25.0 Å². The summed E-state index contributed by atoms with van der Waals surface area (Å²) in [6, 6.07) is 3.69. The molecule has 0 aliphatic heterocycles. The SMILES string of the molecule is CCN(CC)c1cc2nc(C3CCCCC3)[nH]c2cc1NC(O)OCC(F)(F)F. The maximum Gasteiger partial charge on any atom is 0.411 e. The fourth-order valence-corrected chi connectivity index (χ4v) is 3.92. The number of imidazole rings is 1. The maximum absolute atomic E-state index is 12.4. The molecular weight excluding hydrogens is 385 g/mol. The molecule has 0 spiro atoms. The number of hydrogen-bond acceptors (Lipinski definition) is 5. The number of aromatic amines is 1. The highest BCUT2D eigenvalue weighted by atomic mass is 19.4. The number of halogens is 3. The predicted molar refractivity (Wildman–Crippen MR) is 107 cm³/mol. The molecule has 0 saturated heterocycles. The number of nitrogens with zero attached hydrogens (tertiary/aromatic N) is 2. The number of anilines is 2. The topological polar surface area (TPSA) is 73.4 Å².